The highest BCUT2D eigenvalue weighted by Crippen LogP contribution is 2.38. The number of amides is 1. The van der Waals surface area contributed by atoms with E-state index in [0.29, 0.717) is 24.3 Å². The van der Waals surface area contributed by atoms with Crippen LogP contribution in [0.5, 0.6) is 0 Å². The molecule has 5 rings (SSSR count). The van der Waals surface area contributed by atoms with E-state index in [2.05, 4.69) is 34.0 Å². The summed E-state index contributed by atoms with van der Waals surface area (Å²) in [6, 6.07) is 1.92. The summed E-state index contributed by atoms with van der Waals surface area (Å²) in [5.41, 5.74) is 5.40. The summed E-state index contributed by atoms with van der Waals surface area (Å²) in [6.07, 6.45) is 6.32. The summed E-state index contributed by atoms with van der Waals surface area (Å²) in [7, 11) is 1.81. The minimum absolute atomic E-state index is 0.0942. The van der Waals surface area contributed by atoms with Gasteiger partial charge in [0.2, 0.25) is 5.91 Å². The van der Waals surface area contributed by atoms with Crippen LogP contribution in [0.4, 0.5) is 5.69 Å². The maximum atomic E-state index is 13.2. The molecule has 0 atom stereocenters. The van der Waals surface area contributed by atoms with Gasteiger partial charge in [-0.1, -0.05) is 20.8 Å². The minimum Gasteiger partial charge on any atom is -0.381 e. The summed E-state index contributed by atoms with van der Waals surface area (Å²) in [4.78, 5) is 27.5. The van der Waals surface area contributed by atoms with Gasteiger partial charge in [-0.3, -0.25) is 9.89 Å². The second kappa shape index (κ2) is 7.15. The zero-order valence-corrected chi connectivity index (χ0v) is 18.7. The number of nitrogens with zero attached hydrogens (tertiary/aromatic N) is 4. The zero-order chi connectivity index (χ0) is 21.8. The molecule has 31 heavy (non-hydrogen) atoms. The largest absolute Gasteiger partial charge is 0.381 e. The van der Waals surface area contributed by atoms with Gasteiger partial charge in [-0.25, -0.2) is 9.97 Å². The first-order valence-corrected chi connectivity index (χ1v) is 11.0. The van der Waals surface area contributed by atoms with Crippen molar-refractivity contribution in [3.05, 3.63) is 23.5 Å². The fourth-order valence-corrected chi connectivity index (χ4v) is 4.78. The Bertz CT molecular complexity index is 1140. The first-order valence-electron chi connectivity index (χ1n) is 11.0. The molecule has 0 spiro atoms. The minimum atomic E-state index is -0.402. The molecule has 1 aliphatic heterocycles. The molecule has 1 fully saturated rings. The number of ether oxygens (including phenoxy) is 1. The second-order valence-corrected chi connectivity index (χ2v) is 10.1. The second-order valence-electron chi connectivity index (χ2n) is 10.1. The summed E-state index contributed by atoms with van der Waals surface area (Å²) >= 11 is 0. The molecule has 3 aromatic heterocycles. The summed E-state index contributed by atoms with van der Waals surface area (Å²) in [6.45, 7) is 7.86. The molecule has 1 amide bonds. The predicted molar refractivity (Wildman–Crippen MR) is 119 cm³/mol. The third-order valence-electron chi connectivity index (χ3n) is 7.01. The summed E-state index contributed by atoms with van der Waals surface area (Å²) in [5.74, 6) is 0.818. The lowest BCUT2D eigenvalue weighted by atomic mass is 9.76. The van der Waals surface area contributed by atoms with Gasteiger partial charge < -0.3 is 14.6 Å². The number of pyridine rings is 1. The number of anilines is 1. The van der Waals surface area contributed by atoms with Gasteiger partial charge in [0.25, 0.3) is 0 Å². The number of hydrogen-bond donors (Lipinski definition) is 2. The van der Waals surface area contributed by atoms with Crippen LogP contribution in [-0.4, -0.2) is 51.3 Å². The number of aromatic amines is 2. The molecule has 0 saturated carbocycles. The topological polar surface area (TPSA) is 99.8 Å². The lowest BCUT2D eigenvalue weighted by Crippen LogP contribution is -2.43. The molecule has 2 N–H and O–H groups in total. The van der Waals surface area contributed by atoms with Crippen LogP contribution in [0.25, 0.3) is 22.7 Å². The predicted octanol–water partition coefficient (Wildman–Crippen LogP) is 3.64. The zero-order valence-electron chi connectivity index (χ0n) is 18.7. The highest BCUT2D eigenvalue weighted by atomic mass is 16.5. The van der Waals surface area contributed by atoms with E-state index in [-0.39, 0.29) is 5.91 Å². The van der Waals surface area contributed by atoms with Crippen molar-refractivity contribution >= 4 is 22.8 Å². The van der Waals surface area contributed by atoms with E-state index >= 15 is 0 Å². The van der Waals surface area contributed by atoms with Gasteiger partial charge in [-0.2, -0.15) is 5.10 Å². The van der Waals surface area contributed by atoms with Crippen LogP contribution in [0.2, 0.25) is 0 Å². The number of hydrogen-bond acceptors (Lipinski definition) is 5. The van der Waals surface area contributed by atoms with Gasteiger partial charge in [0, 0.05) is 31.5 Å². The Hall–Kier alpha value is -2.74. The van der Waals surface area contributed by atoms with Crippen LogP contribution in [0, 0.1) is 10.8 Å². The number of carbonyl (C=O) groups is 1. The summed E-state index contributed by atoms with van der Waals surface area (Å²) < 4.78 is 5.44. The van der Waals surface area contributed by atoms with E-state index < -0.39 is 5.41 Å². The van der Waals surface area contributed by atoms with Crippen molar-refractivity contribution in [2.45, 2.75) is 52.9 Å². The highest BCUT2D eigenvalue weighted by molar-refractivity contribution is 5.98. The SMILES string of the molecule is CN(C(=O)C1(C)CCOCC1)c1cnc2[nH]c(-c3n[nH]c4c3CCC(C)(C)C4)nc2c1. The molecule has 8 heteroatoms. The molecule has 0 unspecified atom stereocenters. The van der Waals surface area contributed by atoms with Crippen molar-refractivity contribution < 1.29 is 9.53 Å². The lowest BCUT2D eigenvalue weighted by Gasteiger charge is -2.35. The maximum Gasteiger partial charge on any atom is 0.232 e. The Morgan fingerprint density at radius 1 is 1.19 bits per heavy atom. The Balaban J connectivity index is 1.44. The van der Waals surface area contributed by atoms with Crippen molar-refractivity contribution in [1.29, 1.82) is 0 Å². The molecule has 3 aromatic rings. The van der Waals surface area contributed by atoms with Gasteiger partial charge in [0.05, 0.1) is 17.3 Å². The standard InChI is InChI=1S/C23H30N6O2/c1-22(2)6-5-15-17(12-22)27-28-18(15)20-25-16-11-14(13-24-19(16)26-20)29(4)21(30)23(3)7-9-31-10-8-23/h11,13H,5-10,12H2,1-4H3,(H,27,28)(H,24,25,26). The lowest BCUT2D eigenvalue weighted by molar-refractivity contribution is -0.132. The molecule has 8 nitrogen and oxygen atoms in total. The van der Waals surface area contributed by atoms with Gasteiger partial charge in [0.15, 0.2) is 11.5 Å². The Morgan fingerprint density at radius 3 is 2.74 bits per heavy atom. The molecule has 2 aliphatic rings. The Kier molecular flexibility index (Phi) is 4.66. The van der Waals surface area contributed by atoms with Crippen LogP contribution in [0.3, 0.4) is 0 Å². The fraction of sp³-hybridized carbons (Fsp3) is 0.565. The third-order valence-corrected chi connectivity index (χ3v) is 7.01. The van der Waals surface area contributed by atoms with Crippen molar-refractivity contribution in [2.75, 3.05) is 25.2 Å². The number of rotatable bonds is 3. The third kappa shape index (κ3) is 3.52. The van der Waals surface area contributed by atoms with Crippen LogP contribution >= 0.6 is 0 Å². The van der Waals surface area contributed by atoms with Gasteiger partial charge in [-0.15, -0.1) is 0 Å². The van der Waals surface area contributed by atoms with Crippen LogP contribution in [0.15, 0.2) is 12.3 Å². The quantitative estimate of drug-likeness (QED) is 0.671. The van der Waals surface area contributed by atoms with E-state index in [4.69, 9.17) is 9.72 Å². The van der Waals surface area contributed by atoms with Crippen LogP contribution in [-0.2, 0) is 22.4 Å². The molecule has 0 aromatic carbocycles. The highest BCUT2D eigenvalue weighted by Gasteiger charge is 2.37. The van der Waals surface area contributed by atoms with Crippen LogP contribution in [0.1, 0.15) is 51.3 Å². The van der Waals surface area contributed by atoms with Gasteiger partial charge >= 0.3 is 0 Å². The molecule has 0 bridgehead atoms. The van der Waals surface area contributed by atoms with E-state index in [9.17, 15) is 4.79 Å². The Labute approximate surface area is 181 Å². The fourth-order valence-electron chi connectivity index (χ4n) is 4.78. The molecule has 164 valence electrons. The first kappa shape index (κ1) is 20.2. The normalized spacial score (nSPS) is 19.9. The van der Waals surface area contributed by atoms with Crippen LogP contribution < -0.4 is 4.90 Å². The molecular weight excluding hydrogens is 392 g/mol. The smallest absolute Gasteiger partial charge is 0.232 e. The van der Waals surface area contributed by atoms with E-state index in [1.807, 2.05) is 20.0 Å². The Morgan fingerprint density at radius 2 is 1.97 bits per heavy atom. The maximum absolute atomic E-state index is 13.2. The van der Waals surface area contributed by atoms with E-state index in [0.717, 1.165) is 54.8 Å². The van der Waals surface area contributed by atoms with Crippen molar-refractivity contribution in [2.24, 2.45) is 10.8 Å². The van der Waals surface area contributed by atoms with E-state index in [1.165, 1.54) is 11.3 Å². The molecule has 1 saturated heterocycles. The van der Waals surface area contributed by atoms with Gasteiger partial charge in [-0.05, 0) is 43.6 Å². The van der Waals surface area contributed by atoms with E-state index in [1.54, 1.807) is 11.1 Å². The van der Waals surface area contributed by atoms with Crippen molar-refractivity contribution in [3.63, 3.8) is 0 Å². The molecular formula is C23H30N6O2. The average molecular weight is 423 g/mol. The number of imidazole rings is 1. The first-order chi connectivity index (χ1) is 14.8. The number of nitrogens with one attached hydrogen (secondary N) is 2. The van der Waals surface area contributed by atoms with Crippen molar-refractivity contribution in [3.8, 4) is 11.5 Å². The monoisotopic (exact) mass is 422 g/mol. The average Bonchev–Trinajstić information content (AvgIpc) is 3.35. The van der Waals surface area contributed by atoms with Crippen molar-refractivity contribution in [1.82, 2.24) is 25.1 Å². The number of aromatic nitrogens is 5. The number of carbonyl (C=O) groups excluding carboxylic acids is 1. The molecule has 0 radical (unpaired) electrons. The summed E-state index contributed by atoms with van der Waals surface area (Å²) in [5, 5.41) is 7.78. The van der Waals surface area contributed by atoms with Gasteiger partial charge in [0.1, 0.15) is 11.2 Å². The number of H-pyrrole nitrogens is 2. The molecule has 1 aliphatic carbocycles. The number of fused-ring (bicyclic) bond motifs is 2. The molecule has 4 heterocycles.